The Labute approximate surface area is 108 Å². The highest BCUT2D eigenvalue weighted by Gasteiger charge is 2.18. The summed E-state index contributed by atoms with van der Waals surface area (Å²) in [6, 6.07) is 6.95. The van der Waals surface area contributed by atoms with Crippen LogP contribution < -0.4 is 15.8 Å². The van der Waals surface area contributed by atoms with Crippen LogP contribution in [0.1, 0.15) is 24.2 Å². The summed E-state index contributed by atoms with van der Waals surface area (Å²) in [4.78, 5) is 11.8. The van der Waals surface area contributed by atoms with Gasteiger partial charge in [-0.15, -0.1) is 12.4 Å². The SMILES string of the molecule is COc1ccc(C(=O)NC(C)(C)CN)cc1.Cl. The van der Waals surface area contributed by atoms with Crippen molar-refractivity contribution in [2.75, 3.05) is 13.7 Å². The first-order chi connectivity index (χ1) is 7.48. The van der Waals surface area contributed by atoms with Gasteiger partial charge in [0.05, 0.1) is 7.11 Å². The second-order valence-electron chi connectivity index (χ2n) is 4.27. The number of nitrogens with two attached hydrogens (primary N) is 1. The van der Waals surface area contributed by atoms with Crippen LogP contribution in [0.15, 0.2) is 24.3 Å². The third-order valence-corrected chi connectivity index (χ3v) is 2.31. The molecule has 0 aliphatic heterocycles. The predicted octanol–water partition coefficient (Wildman–Crippen LogP) is 1.58. The molecule has 0 heterocycles. The summed E-state index contributed by atoms with van der Waals surface area (Å²) in [5.74, 6) is 0.604. The van der Waals surface area contributed by atoms with Crippen LogP contribution in [0.25, 0.3) is 0 Å². The minimum absolute atomic E-state index is 0. The van der Waals surface area contributed by atoms with Gasteiger partial charge >= 0.3 is 0 Å². The number of hydrogen-bond acceptors (Lipinski definition) is 3. The van der Waals surface area contributed by atoms with E-state index in [1.807, 2.05) is 13.8 Å². The van der Waals surface area contributed by atoms with Crippen LogP contribution in [-0.2, 0) is 0 Å². The van der Waals surface area contributed by atoms with E-state index in [1.165, 1.54) is 0 Å². The Morgan fingerprint density at radius 1 is 1.35 bits per heavy atom. The third-order valence-electron chi connectivity index (χ3n) is 2.31. The molecule has 0 aromatic heterocycles. The number of ether oxygens (including phenoxy) is 1. The summed E-state index contributed by atoms with van der Waals surface area (Å²) in [5.41, 5.74) is 5.75. The largest absolute Gasteiger partial charge is 0.497 e. The van der Waals surface area contributed by atoms with Crippen molar-refractivity contribution in [3.05, 3.63) is 29.8 Å². The Morgan fingerprint density at radius 3 is 2.29 bits per heavy atom. The molecule has 3 N–H and O–H groups in total. The number of carbonyl (C=O) groups is 1. The van der Waals surface area contributed by atoms with Crippen LogP contribution in [0.3, 0.4) is 0 Å². The van der Waals surface area contributed by atoms with Crippen LogP contribution in [0.5, 0.6) is 5.75 Å². The Bertz CT molecular complexity index is 363. The van der Waals surface area contributed by atoms with Crippen LogP contribution in [0, 0.1) is 0 Å². The quantitative estimate of drug-likeness (QED) is 0.862. The highest BCUT2D eigenvalue weighted by Crippen LogP contribution is 2.12. The van der Waals surface area contributed by atoms with Crippen molar-refractivity contribution in [2.45, 2.75) is 19.4 Å². The molecule has 0 saturated heterocycles. The van der Waals surface area contributed by atoms with Gasteiger partial charge in [-0.3, -0.25) is 4.79 Å². The summed E-state index contributed by atoms with van der Waals surface area (Å²) in [5, 5.41) is 2.85. The zero-order chi connectivity index (χ0) is 12.2. The van der Waals surface area contributed by atoms with Crippen molar-refractivity contribution in [1.29, 1.82) is 0 Å². The van der Waals surface area contributed by atoms with E-state index in [0.29, 0.717) is 12.1 Å². The van der Waals surface area contributed by atoms with E-state index in [4.69, 9.17) is 10.5 Å². The molecule has 0 fully saturated rings. The molecular formula is C12H19ClN2O2. The molecule has 0 saturated carbocycles. The van der Waals surface area contributed by atoms with E-state index < -0.39 is 5.54 Å². The first-order valence-corrected chi connectivity index (χ1v) is 5.15. The fraction of sp³-hybridized carbons (Fsp3) is 0.417. The second-order valence-corrected chi connectivity index (χ2v) is 4.27. The first kappa shape index (κ1) is 15.7. The Kier molecular flexibility index (Phi) is 5.99. The summed E-state index contributed by atoms with van der Waals surface area (Å²) in [6.45, 7) is 4.16. The van der Waals surface area contributed by atoms with Crippen molar-refractivity contribution in [3.63, 3.8) is 0 Å². The van der Waals surface area contributed by atoms with Crippen molar-refractivity contribution in [1.82, 2.24) is 5.32 Å². The molecule has 0 aliphatic carbocycles. The average molecular weight is 259 g/mol. The number of rotatable bonds is 4. The minimum atomic E-state index is -0.392. The van der Waals surface area contributed by atoms with E-state index in [0.717, 1.165) is 5.75 Å². The Morgan fingerprint density at radius 2 is 1.88 bits per heavy atom. The van der Waals surface area contributed by atoms with Crippen LogP contribution in [0.4, 0.5) is 0 Å². The lowest BCUT2D eigenvalue weighted by Crippen LogP contribution is -2.48. The van der Waals surface area contributed by atoms with Gasteiger partial charge in [-0.25, -0.2) is 0 Å². The molecule has 1 aromatic carbocycles. The van der Waals surface area contributed by atoms with Crippen molar-refractivity contribution < 1.29 is 9.53 Å². The first-order valence-electron chi connectivity index (χ1n) is 5.15. The van der Waals surface area contributed by atoms with E-state index in [-0.39, 0.29) is 18.3 Å². The van der Waals surface area contributed by atoms with E-state index in [9.17, 15) is 4.79 Å². The third kappa shape index (κ3) is 4.63. The number of nitrogens with one attached hydrogen (secondary N) is 1. The van der Waals surface area contributed by atoms with Gasteiger partial charge < -0.3 is 15.8 Å². The van der Waals surface area contributed by atoms with Gasteiger partial charge in [-0.1, -0.05) is 0 Å². The number of hydrogen-bond donors (Lipinski definition) is 2. The van der Waals surface area contributed by atoms with Crippen LogP contribution in [-0.4, -0.2) is 25.1 Å². The highest BCUT2D eigenvalue weighted by molar-refractivity contribution is 5.94. The molecule has 1 aromatic rings. The molecule has 0 spiro atoms. The molecule has 17 heavy (non-hydrogen) atoms. The molecular weight excluding hydrogens is 240 g/mol. The predicted molar refractivity (Wildman–Crippen MR) is 70.8 cm³/mol. The van der Waals surface area contributed by atoms with Gasteiger partial charge in [0.2, 0.25) is 0 Å². The fourth-order valence-electron chi connectivity index (χ4n) is 1.17. The van der Waals surface area contributed by atoms with E-state index >= 15 is 0 Å². The van der Waals surface area contributed by atoms with Gasteiger partial charge in [0.25, 0.3) is 5.91 Å². The van der Waals surface area contributed by atoms with Gasteiger partial charge in [0.15, 0.2) is 0 Å². The normalized spacial score (nSPS) is 10.4. The number of halogens is 1. The van der Waals surface area contributed by atoms with Gasteiger partial charge in [0.1, 0.15) is 5.75 Å². The average Bonchev–Trinajstić information content (AvgIpc) is 2.28. The molecule has 1 amide bonds. The molecule has 0 atom stereocenters. The van der Waals surface area contributed by atoms with Crippen molar-refractivity contribution in [2.24, 2.45) is 5.73 Å². The maximum Gasteiger partial charge on any atom is 0.251 e. The summed E-state index contributed by atoms with van der Waals surface area (Å²) >= 11 is 0. The fourth-order valence-corrected chi connectivity index (χ4v) is 1.17. The van der Waals surface area contributed by atoms with Gasteiger partial charge in [-0.2, -0.15) is 0 Å². The van der Waals surface area contributed by atoms with Gasteiger partial charge in [0, 0.05) is 17.6 Å². The maximum atomic E-state index is 11.8. The molecule has 0 bridgehead atoms. The minimum Gasteiger partial charge on any atom is -0.497 e. The number of amides is 1. The van der Waals surface area contributed by atoms with Gasteiger partial charge in [-0.05, 0) is 38.1 Å². The molecule has 1 rings (SSSR count). The lowest BCUT2D eigenvalue weighted by Gasteiger charge is -2.24. The molecule has 0 unspecified atom stereocenters. The smallest absolute Gasteiger partial charge is 0.251 e. The molecule has 5 heteroatoms. The molecule has 0 radical (unpaired) electrons. The molecule has 4 nitrogen and oxygen atoms in total. The maximum absolute atomic E-state index is 11.8. The van der Waals surface area contributed by atoms with Crippen LogP contribution in [0.2, 0.25) is 0 Å². The lowest BCUT2D eigenvalue weighted by atomic mass is 10.1. The topological polar surface area (TPSA) is 64.3 Å². The Balaban J connectivity index is 0.00000256. The molecule has 96 valence electrons. The number of benzene rings is 1. The summed E-state index contributed by atoms with van der Waals surface area (Å²) < 4.78 is 5.02. The van der Waals surface area contributed by atoms with E-state index in [2.05, 4.69) is 5.32 Å². The zero-order valence-corrected chi connectivity index (χ0v) is 11.1. The Hall–Kier alpha value is -1.26. The van der Waals surface area contributed by atoms with E-state index in [1.54, 1.807) is 31.4 Å². The second kappa shape index (κ2) is 6.47. The highest BCUT2D eigenvalue weighted by atomic mass is 35.5. The number of carbonyl (C=O) groups excluding carboxylic acids is 1. The van der Waals surface area contributed by atoms with Crippen LogP contribution >= 0.6 is 12.4 Å². The summed E-state index contributed by atoms with van der Waals surface area (Å²) in [7, 11) is 1.59. The molecule has 0 aliphatic rings. The van der Waals surface area contributed by atoms with Crippen molar-refractivity contribution >= 4 is 18.3 Å². The number of methoxy groups -OCH3 is 1. The summed E-state index contributed by atoms with van der Waals surface area (Å²) in [6.07, 6.45) is 0. The van der Waals surface area contributed by atoms with Crippen molar-refractivity contribution in [3.8, 4) is 5.75 Å². The lowest BCUT2D eigenvalue weighted by molar-refractivity contribution is 0.0915. The monoisotopic (exact) mass is 258 g/mol. The zero-order valence-electron chi connectivity index (χ0n) is 10.3. The standard InChI is InChI=1S/C12H18N2O2.ClH/c1-12(2,8-13)14-11(15)9-4-6-10(16-3)7-5-9;/h4-7H,8,13H2,1-3H3,(H,14,15);1H.